The third kappa shape index (κ3) is 30.4. The molecule has 8 atom stereocenters. The molecule has 1 saturated carbocycles. The lowest BCUT2D eigenvalue weighted by Gasteiger charge is -2.41. The first-order valence-electron chi connectivity index (χ1n) is 25.0. The molecule has 0 aromatic carbocycles. The molecule has 13 nitrogen and oxygen atoms in total. The van der Waals surface area contributed by atoms with Gasteiger partial charge in [0.25, 0.3) is 0 Å². The number of hydrogen-bond donors (Lipinski definition) is 9. The van der Waals surface area contributed by atoms with E-state index >= 15 is 0 Å². The molecule has 0 aromatic heterocycles. The zero-order chi connectivity index (χ0) is 46.6. The monoisotopic (exact) mass is 918 g/mol. The van der Waals surface area contributed by atoms with Crippen molar-refractivity contribution in [2.24, 2.45) is 0 Å². The first kappa shape index (κ1) is 59.5. The number of phosphoric ester groups is 1. The highest BCUT2D eigenvalue weighted by Crippen LogP contribution is 2.47. The number of aliphatic hydroxyl groups is 7. The maximum Gasteiger partial charge on any atom is 0.472 e. The normalized spacial score (nSPS) is 23.1. The van der Waals surface area contributed by atoms with Crippen molar-refractivity contribution in [3.63, 3.8) is 0 Å². The summed E-state index contributed by atoms with van der Waals surface area (Å²) in [4.78, 5) is 23.5. The lowest BCUT2D eigenvalue weighted by molar-refractivity contribution is -0.220. The van der Waals surface area contributed by atoms with E-state index < -0.39 is 75.2 Å². The molecule has 370 valence electrons. The number of carbonyl (C=O) groups excluding carboxylic acids is 1. The Morgan fingerprint density at radius 2 is 0.937 bits per heavy atom. The lowest BCUT2D eigenvalue weighted by Crippen LogP contribution is -2.64. The van der Waals surface area contributed by atoms with Crippen LogP contribution in [0.5, 0.6) is 0 Å². The van der Waals surface area contributed by atoms with Crippen molar-refractivity contribution in [2.75, 3.05) is 6.61 Å². The van der Waals surface area contributed by atoms with E-state index in [4.69, 9.17) is 9.05 Å². The van der Waals surface area contributed by atoms with Gasteiger partial charge in [0, 0.05) is 0 Å². The Labute approximate surface area is 381 Å². The van der Waals surface area contributed by atoms with Crippen LogP contribution in [0.1, 0.15) is 206 Å². The van der Waals surface area contributed by atoms with Crippen molar-refractivity contribution >= 4 is 13.7 Å². The second-order valence-electron chi connectivity index (χ2n) is 17.8. The molecule has 1 aliphatic carbocycles. The van der Waals surface area contributed by atoms with Gasteiger partial charge in [-0.2, -0.15) is 0 Å². The number of amides is 1. The fourth-order valence-electron chi connectivity index (χ4n) is 7.86. The summed E-state index contributed by atoms with van der Waals surface area (Å²) in [6.07, 6.45) is 30.9. The molecule has 8 unspecified atom stereocenters. The molecule has 0 heterocycles. The minimum absolute atomic E-state index is 0.253. The molecular weight excluding hydrogens is 826 g/mol. The van der Waals surface area contributed by atoms with Crippen molar-refractivity contribution in [1.29, 1.82) is 0 Å². The number of rotatable bonds is 41. The second-order valence-corrected chi connectivity index (χ2v) is 19.2. The van der Waals surface area contributed by atoms with Crippen molar-refractivity contribution in [3.05, 3.63) is 36.5 Å². The fourth-order valence-corrected chi connectivity index (χ4v) is 8.83. The first-order valence-corrected chi connectivity index (χ1v) is 26.5. The van der Waals surface area contributed by atoms with Crippen LogP contribution in [0.15, 0.2) is 36.5 Å². The number of hydrogen-bond acceptors (Lipinski definition) is 11. The van der Waals surface area contributed by atoms with E-state index in [9.17, 15) is 50.0 Å². The summed E-state index contributed by atoms with van der Waals surface area (Å²) < 4.78 is 22.9. The largest absolute Gasteiger partial charge is 0.472 e. The van der Waals surface area contributed by atoms with E-state index in [1.54, 1.807) is 6.08 Å². The summed E-state index contributed by atoms with van der Waals surface area (Å²) in [6, 6.07) is -1.26. The van der Waals surface area contributed by atoms with Gasteiger partial charge in [0.2, 0.25) is 5.91 Å². The second kappa shape index (κ2) is 38.6. The Hall–Kier alpha value is -1.48. The summed E-state index contributed by atoms with van der Waals surface area (Å²) >= 11 is 0. The summed E-state index contributed by atoms with van der Waals surface area (Å²) in [5, 5.41) is 74.5. The number of aliphatic hydroxyl groups excluding tert-OH is 7. The predicted octanol–water partition coefficient (Wildman–Crippen LogP) is 8.92. The minimum atomic E-state index is -5.15. The number of allylic oxidation sites excluding steroid dienone is 5. The van der Waals surface area contributed by atoms with E-state index in [2.05, 4.69) is 43.5 Å². The Kier molecular flexibility index (Phi) is 36.5. The van der Waals surface area contributed by atoms with Crippen LogP contribution in [0, 0.1) is 0 Å². The molecule has 9 N–H and O–H groups in total. The number of carbonyl (C=O) groups is 1. The van der Waals surface area contributed by atoms with Gasteiger partial charge < -0.3 is 46.0 Å². The molecule has 0 aromatic rings. The lowest BCUT2D eigenvalue weighted by atomic mass is 9.85. The maximum atomic E-state index is 13.0. The molecule has 0 aliphatic heterocycles. The van der Waals surface area contributed by atoms with Gasteiger partial charge in [-0.25, -0.2) is 4.57 Å². The maximum absolute atomic E-state index is 13.0. The van der Waals surface area contributed by atoms with Gasteiger partial charge in [0.1, 0.15) is 36.6 Å². The van der Waals surface area contributed by atoms with E-state index in [0.29, 0.717) is 19.3 Å². The zero-order valence-corrected chi connectivity index (χ0v) is 40.1. The van der Waals surface area contributed by atoms with E-state index in [1.807, 2.05) is 0 Å². The molecule has 1 aliphatic rings. The third-order valence-electron chi connectivity index (χ3n) is 12.0. The Balaban J connectivity index is 2.55. The smallest absolute Gasteiger partial charge is 0.393 e. The first-order chi connectivity index (χ1) is 30.3. The van der Waals surface area contributed by atoms with Gasteiger partial charge in [0.15, 0.2) is 0 Å². The van der Waals surface area contributed by atoms with Crippen molar-refractivity contribution < 1.29 is 59.0 Å². The molecule has 0 bridgehead atoms. The average Bonchev–Trinajstić information content (AvgIpc) is 3.26. The SMILES string of the molecule is CCCCCCCCCC/C=C/CC/C=C/CC/C=C/C(O)C(COP(=O)(O)OC1C(O)C(O)C(O)C(O)C1O)NC(=O)CC(O)CCCCCCCCCCCCCCCCC. The van der Waals surface area contributed by atoms with Gasteiger partial charge in [-0.1, -0.05) is 192 Å². The molecule has 1 amide bonds. The quantitative estimate of drug-likeness (QED) is 0.0159. The van der Waals surface area contributed by atoms with Crippen LogP contribution in [-0.2, 0) is 18.4 Å². The highest BCUT2D eigenvalue weighted by atomic mass is 31.2. The number of unbranched alkanes of at least 4 members (excludes halogenated alkanes) is 24. The molecule has 0 radical (unpaired) electrons. The highest BCUT2D eigenvalue weighted by molar-refractivity contribution is 7.47. The van der Waals surface area contributed by atoms with Gasteiger partial charge in [-0.3, -0.25) is 13.8 Å². The Morgan fingerprint density at radius 3 is 1.40 bits per heavy atom. The molecule has 63 heavy (non-hydrogen) atoms. The van der Waals surface area contributed by atoms with Crippen LogP contribution in [0.3, 0.4) is 0 Å². The van der Waals surface area contributed by atoms with Crippen LogP contribution >= 0.6 is 7.82 Å². The summed E-state index contributed by atoms with van der Waals surface area (Å²) in [5.74, 6) is -0.605. The van der Waals surface area contributed by atoms with Crippen LogP contribution in [-0.4, -0.2) is 108 Å². The predicted molar refractivity (Wildman–Crippen MR) is 252 cm³/mol. The molecule has 0 saturated heterocycles. The molecule has 1 fully saturated rings. The van der Waals surface area contributed by atoms with Crippen molar-refractivity contribution in [3.8, 4) is 0 Å². The summed E-state index contributed by atoms with van der Waals surface area (Å²) in [5.41, 5.74) is 0. The van der Waals surface area contributed by atoms with Crippen LogP contribution in [0.4, 0.5) is 0 Å². The van der Waals surface area contributed by atoms with E-state index in [0.717, 1.165) is 44.9 Å². The molecular formula is C49H92NO12P. The highest BCUT2D eigenvalue weighted by Gasteiger charge is 2.51. The van der Waals surface area contributed by atoms with E-state index in [-0.39, 0.29) is 6.42 Å². The topological polar surface area (TPSA) is 226 Å². The van der Waals surface area contributed by atoms with Crippen molar-refractivity contribution in [2.45, 2.75) is 261 Å². The van der Waals surface area contributed by atoms with Gasteiger partial charge in [-0.15, -0.1) is 0 Å². The van der Waals surface area contributed by atoms with Gasteiger partial charge in [0.05, 0.1) is 31.3 Å². The number of nitrogens with one attached hydrogen (secondary N) is 1. The molecule has 14 heteroatoms. The Morgan fingerprint density at radius 1 is 0.556 bits per heavy atom. The number of phosphoric acid groups is 1. The fraction of sp³-hybridized carbons (Fsp3) is 0.857. The third-order valence-corrected chi connectivity index (χ3v) is 12.9. The molecule has 1 rings (SSSR count). The van der Waals surface area contributed by atoms with E-state index in [1.165, 1.54) is 128 Å². The average molecular weight is 918 g/mol. The van der Waals surface area contributed by atoms with Crippen molar-refractivity contribution in [1.82, 2.24) is 5.32 Å². The van der Waals surface area contributed by atoms with Gasteiger partial charge >= 0.3 is 7.82 Å². The Bertz CT molecular complexity index is 1220. The van der Waals surface area contributed by atoms with Crippen LogP contribution < -0.4 is 5.32 Å². The van der Waals surface area contributed by atoms with Crippen LogP contribution in [0.25, 0.3) is 0 Å². The van der Waals surface area contributed by atoms with Gasteiger partial charge in [-0.05, 0) is 44.9 Å². The zero-order valence-electron chi connectivity index (χ0n) is 39.2. The summed E-state index contributed by atoms with van der Waals surface area (Å²) in [6.45, 7) is 3.73. The molecule has 0 spiro atoms. The summed E-state index contributed by atoms with van der Waals surface area (Å²) in [7, 11) is -5.15. The van der Waals surface area contributed by atoms with Crippen LogP contribution in [0.2, 0.25) is 0 Å². The standard InChI is InChI=1S/C49H92NO12P/c1-3-5-7-9-11-13-15-17-19-20-21-23-25-27-29-31-33-35-37-42(52)41(39-61-63(59,60)62-49-47(57)45(55)44(54)46(56)48(49)58)50-43(53)38-40(51)36-34-32-30-28-26-24-22-18-16-14-12-10-8-6-4-2/h20-21,27,29,35,37,40-42,44-49,51-52,54-58H,3-19,22-26,28,30-34,36,38-39H2,1-2H3,(H,50,53)(H,59,60)/b21-20+,29-27+,37-35+. The minimum Gasteiger partial charge on any atom is -0.393 e.